The Labute approximate surface area is 145 Å². The van der Waals surface area contributed by atoms with Crippen LogP contribution in [0, 0.1) is 6.92 Å². The third kappa shape index (κ3) is 2.94. The van der Waals surface area contributed by atoms with Crippen molar-refractivity contribution in [1.29, 1.82) is 0 Å². The van der Waals surface area contributed by atoms with E-state index in [1.165, 1.54) is 6.07 Å². The van der Waals surface area contributed by atoms with E-state index < -0.39 is 10.1 Å². The molecule has 0 unspecified atom stereocenters. The predicted molar refractivity (Wildman–Crippen MR) is 98.2 cm³/mol. The fraction of sp³-hybridized carbons (Fsp3) is 0.0500. The average molecular weight is 349 g/mol. The number of fused-ring (bicyclic) bond motifs is 2. The number of hydrogen-bond acceptors (Lipinski definition) is 4. The van der Waals surface area contributed by atoms with Crippen molar-refractivity contribution in [3.05, 3.63) is 78.5 Å². The van der Waals surface area contributed by atoms with Crippen molar-refractivity contribution < 1.29 is 12.6 Å². The summed E-state index contributed by atoms with van der Waals surface area (Å²) in [5.74, 6) is 0.280. The maximum absolute atomic E-state index is 12.8. The summed E-state index contributed by atoms with van der Waals surface area (Å²) in [7, 11) is -3.98. The lowest BCUT2D eigenvalue weighted by molar-refractivity contribution is 0.487. The highest BCUT2D eigenvalue weighted by molar-refractivity contribution is 7.87. The fourth-order valence-electron chi connectivity index (χ4n) is 2.84. The largest absolute Gasteiger partial charge is 0.379 e. The minimum Gasteiger partial charge on any atom is -0.379 e. The number of aryl methyl sites for hydroxylation is 1. The van der Waals surface area contributed by atoms with Crippen LogP contribution in [0.15, 0.2) is 77.8 Å². The summed E-state index contributed by atoms with van der Waals surface area (Å²) in [5, 5.41) is 2.71. The molecule has 0 aliphatic carbocycles. The van der Waals surface area contributed by atoms with Crippen molar-refractivity contribution in [3.8, 4) is 5.75 Å². The zero-order chi connectivity index (χ0) is 17.4. The SMILES string of the molecule is Cc1cnc2c(S(=O)(=O)Oc3ccc4ccccc4c3)cccc2c1. The van der Waals surface area contributed by atoms with Gasteiger partial charge in [0.2, 0.25) is 0 Å². The van der Waals surface area contributed by atoms with E-state index in [-0.39, 0.29) is 10.6 Å². The molecule has 0 saturated heterocycles. The number of aromatic nitrogens is 1. The van der Waals surface area contributed by atoms with Crippen LogP contribution >= 0.6 is 0 Å². The Morgan fingerprint density at radius 2 is 1.60 bits per heavy atom. The average Bonchev–Trinajstić information content (AvgIpc) is 2.60. The Kier molecular flexibility index (Phi) is 3.66. The molecule has 4 aromatic rings. The number of benzene rings is 3. The lowest BCUT2D eigenvalue weighted by Gasteiger charge is -2.10. The summed E-state index contributed by atoms with van der Waals surface area (Å²) >= 11 is 0. The Hall–Kier alpha value is -2.92. The molecule has 0 aliphatic heterocycles. The molecule has 0 spiro atoms. The van der Waals surface area contributed by atoms with Crippen LogP contribution < -0.4 is 4.18 Å². The van der Waals surface area contributed by atoms with Crippen LogP contribution in [0.3, 0.4) is 0 Å². The zero-order valence-corrected chi connectivity index (χ0v) is 14.3. The Bertz CT molecular complexity index is 1200. The summed E-state index contributed by atoms with van der Waals surface area (Å²) < 4.78 is 30.9. The van der Waals surface area contributed by atoms with Crippen LogP contribution in [0.1, 0.15) is 5.56 Å². The molecule has 0 atom stereocenters. The molecule has 5 heteroatoms. The van der Waals surface area contributed by atoms with Crippen molar-refractivity contribution in [2.75, 3.05) is 0 Å². The monoisotopic (exact) mass is 349 g/mol. The first-order chi connectivity index (χ1) is 12.0. The predicted octanol–water partition coefficient (Wildman–Crippen LogP) is 4.46. The van der Waals surface area contributed by atoms with E-state index >= 15 is 0 Å². The molecule has 0 radical (unpaired) electrons. The van der Waals surface area contributed by atoms with Crippen LogP contribution in [-0.2, 0) is 10.1 Å². The first-order valence-corrected chi connectivity index (χ1v) is 9.22. The fourth-order valence-corrected chi connectivity index (χ4v) is 3.93. The number of para-hydroxylation sites is 1. The van der Waals surface area contributed by atoms with Gasteiger partial charge in [-0.3, -0.25) is 4.98 Å². The molecule has 1 aromatic heterocycles. The molecule has 0 fully saturated rings. The molecule has 4 nitrogen and oxygen atoms in total. The Morgan fingerprint density at radius 3 is 2.44 bits per heavy atom. The highest BCUT2D eigenvalue weighted by Gasteiger charge is 2.20. The minimum absolute atomic E-state index is 0.0677. The van der Waals surface area contributed by atoms with Gasteiger partial charge >= 0.3 is 10.1 Å². The molecular formula is C20H15NO3S. The molecule has 3 aromatic carbocycles. The van der Waals surface area contributed by atoms with Crippen LogP contribution in [-0.4, -0.2) is 13.4 Å². The van der Waals surface area contributed by atoms with Gasteiger partial charge in [-0.05, 0) is 47.5 Å². The van der Waals surface area contributed by atoms with E-state index in [9.17, 15) is 8.42 Å². The van der Waals surface area contributed by atoms with Crippen molar-refractivity contribution in [2.24, 2.45) is 0 Å². The van der Waals surface area contributed by atoms with E-state index in [4.69, 9.17) is 4.18 Å². The van der Waals surface area contributed by atoms with Gasteiger partial charge in [-0.25, -0.2) is 0 Å². The standard InChI is InChI=1S/C20H15NO3S/c1-14-11-17-7-4-8-19(20(17)21-13-14)25(22,23)24-18-10-9-15-5-2-3-6-16(15)12-18/h2-13H,1H3. The summed E-state index contributed by atoms with van der Waals surface area (Å²) in [5.41, 5.74) is 1.38. The Balaban J connectivity index is 1.79. The number of pyridine rings is 1. The van der Waals surface area contributed by atoms with Gasteiger partial charge in [-0.2, -0.15) is 8.42 Å². The minimum atomic E-state index is -3.98. The summed E-state index contributed by atoms with van der Waals surface area (Å²) in [6.07, 6.45) is 1.65. The van der Waals surface area contributed by atoms with E-state index in [0.717, 1.165) is 21.7 Å². The number of rotatable bonds is 3. The molecule has 4 rings (SSSR count). The van der Waals surface area contributed by atoms with Gasteiger partial charge in [-0.15, -0.1) is 0 Å². The van der Waals surface area contributed by atoms with Gasteiger partial charge in [0, 0.05) is 11.6 Å². The zero-order valence-electron chi connectivity index (χ0n) is 13.5. The summed E-state index contributed by atoms with van der Waals surface area (Å²) in [6, 6.07) is 19.9. The highest BCUT2D eigenvalue weighted by atomic mass is 32.2. The number of nitrogens with zero attached hydrogens (tertiary/aromatic N) is 1. The third-order valence-corrected chi connectivity index (χ3v) is 5.29. The van der Waals surface area contributed by atoms with E-state index in [2.05, 4.69) is 4.98 Å². The molecular weight excluding hydrogens is 334 g/mol. The molecule has 0 amide bonds. The highest BCUT2D eigenvalue weighted by Crippen LogP contribution is 2.27. The lowest BCUT2D eigenvalue weighted by atomic mass is 10.1. The van der Waals surface area contributed by atoms with Crippen molar-refractivity contribution in [1.82, 2.24) is 4.98 Å². The smallest absolute Gasteiger partial charge is 0.341 e. The van der Waals surface area contributed by atoms with Gasteiger partial charge < -0.3 is 4.18 Å². The Morgan fingerprint density at radius 1 is 0.840 bits per heavy atom. The third-order valence-electron chi connectivity index (χ3n) is 4.01. The van der Waals surface area contributed by atoms with Crippen LogP contribution in [0.5, 0.6) is 5.75 Å². The first kappa shape index (κ1) is 15.6. The quantitative estimate of drug-likeness (QED) is 0.512. The maximum atomic E-state index is 12.8. The van der Waals surface area contributed by atoms with E-state index in [1.807, 2.05) is 49.4 Å². The summed E-state index contributed by atoms with van der Waals surface area (Å²) in [4.78, 5) is 4.35. The molecule has 0 aliphatic rings. The molecule has 0 saturated carbocycles. The first-order valence-electron chi connectivity index (χ1n) is 7.82. The molecule has 25 heavy (non-hydrogen) atoms. The van der Waals surface area contributed by atoms with Crippen LogP contribution in [0.25, 0.3) is 21.7 Å². The molecule has 0 bridgehead atoms. The van der Waals surface area contributed by atoms with Crippen molar-refractivity contribution >= 4 is 31.8 Å². The van der Waals surface area contributed by atoms with E-state index in [0.29, 0.717) is 5.52 Å². The second kappa shape index (κ2) is 5.86. The van der Waals surface area contributed by atoms with Crippen LogP contribution in [0.4, 0.5) is 0 Å². The van der Waals surface area contributed by atoms with Crippen molar-refractivity contribution in [3.63, 3.8) is 0 Å². The van der Waals surface area contributed by atoms with Gasteiger partial charge in [0.25, 0.3) is 0 Å². The lowest BCUT2D eigenvalue weighted by Crippen LogP contribution is -2.10. The topological polar surface area (TPSA) is 56.3 Å². The van der Waals surface area contributed by atoms with E-state index in [1.54, 1.807) is 24.4 Å². The second-order valence-corrected chi connectivity index (χ2v) is 7.40. The summed E-state index contributed by atoms with van der Waals surface area (Å²) in [6.45, 7) is 1.92. The molecule has 124 valence electrons. The van der Waals surface area contributed by atoms with Gasteiger partial charge in [-0.1, -0.05) is 42.5 Å². The molecule has 1 heterocycles. The van der Waals surface area contributed by atoms with Gasteiger partial charge in [0.15, 0.2) is 0 Å². The van der Waals surface area contributed by atoms with Gasteiger partial charge in [0.05, 0.1) is 5.52 Å². The van der Waals surface area contributed by atoms with Crippen molar-refractivity contribution in [2.45, 2.75) is 11.8 Å². The normalized spacial score (nSPS) is 11.7. The van der Waals surface area contributed by atoms with Crippen LogP contribution in [0.2, 0.25) is 0 Å². The second-order valence-electron chi connectivity index (χ2n) is 5.89. The number of hydrogen-bond donors (Lipinski definition) is 0. The molecule has 0 N–H and O–H groups in total. The van der Waals surface area contributed by atoms with Gasteiger partial charge in [0.1, 0.15) is 10.6 Å². The maximum Gasteiger partial charge on any atom is 0.341 e.